The molecule has 0 radical (unpaired) electrons. The Balaban J connectivity index is 2.21. The molecule has 6 heteroatoms. The smallest absolute Gasteiger partial charge is 0.337 e. The predicted octanol–water partition coefficient (Wildman–Crippen LogP) is 2.29. The first-order chi connectivity index (χ1) is 10.1. The van der Waals surface area contributed by atoms with Crippen molar-refractivity contribution >= 4 is 11.8 Å². The Bertz CT molecular complexity index is 695. The Kier molecular flexibility index (Phi) is 3.23. The fourth-order valence-electron chi connectivity index (χ4n) is 3.20. The number of aromatic amines is 1. The molecular weight excluding hydrogens is 268 g/mol. The second kappa shape index (κ2) is 4.95. The fraction of sp³-hybridized carbons (Fsp3) is 0.467. The Morgan fingerprint density at radius 1 is 1.48 bits per heavy atom. The topological polar surface area (TPSA) is 74.2 Å². The Hall–Kier alpha value is -2.24. The molecule has 6 nitrogen and oxygen atoms in total. The van der Waals surface area contributed by atoms with Crippen LogP contribution >= 0.6 is 0 Å². The van der Waals surface area contributed by atoms with Crippen LogP contribution in [0.15, 0.2) is 6.20 Å². The van der Waals surface area contributed by atoms with Gasteiger partial charge in [-0.3, -0.25) is 0 Å². The maximum Gasteiger partial charge on any atom is 0.337 e. The second-order valence-electron chi connectivity index (χ2n) is 5.28. The van der Waals surface area contributed by atoms with Crippen molar-refractivity contribution in [2.45, 2.75) is 33.7 Å². The zero-order valence-corrected chi connectivity index (χ0v) is 12.6. The first-order valence-corrected chi connectivity index (χ1v) is 7.34. The molecule has 2 aromatic heterocycles. The van der Waals surface area contributed by atoms with Crippen molar-refractivity contribution in [1.82, 2.24) is 14.5 Å². The lowest BCUT2D eigenvalue weighted by molar-refractivity contribution is 0.0697. The number of nitrogens with one attached hydrogen (secondary N) is 1. The highest BCUT2D eigenvalue weighted by Crippen LogP contribution is 2.36. The van der Waals surface area contributed by atoms with E-state index in [1.165, 1.54) is 0 Å². The van der Waals surface area contributed by atoms with Gasteiger partial charge in [0.2, 0.25) is 0 Å². The summed E-state index contributed by atoms with van der Waals surface area (Å²) in [5, 5.41) is 9.37. The maximum absolute atomic E-state index is 11.4. The standard InChI is InChI=1S/C15H20N4O2/c1-4-18(5-2)14-9(3)17-13-12-10(15(20)21)8-16-11(12)6-7-19(13)14/h8,16H,4-7H2,1-3H3,(H,20,21). The van der Waals surface area contributed by atoms with Gasteiger partial charge in [-0.15, -0.1) is 0 Å². The highest BCUT2D eigenvalue weighted by molar-refractivity contribution is 5.96. The van der Waals surface area contributed by atoms with E-state index in [0.717, 1.165) is 54.6 Å². The van der Waals surface area contributed by atoms with Gasteiger partial charge in [0.25, 0.3) is 0 Å². The van der Waals surface area contributed by atoms with Gasteiger partial charge >= 0.3 is 5.97 Å². The molecule has 0 aromatic carbocycles. The second-order valence-corrected chi connectivity index (χ2v) is 5.28. The highest BCUT2D eigenvalue weighted by atomic mass is 16.4. The SMILES string of the molecule is CCN(CC)c1c(C)nc2n1CCc1[nH]cc(C(=O)O)c1-2. The summed E-state index contributed by atoms with van der Waals surface area (Å²) in [6.45, 7) is 8.88. The summed E-state index contributed by atoms with van der Waals surface area (Å²) >= 11 is 0. The first-order valence-electron chi connectivity index (χ1n) is 7.34. The van der Waals surface area contributed by atoms with Crippen LogP contribution in [-0.4, -0.2) is 38.7 Å². The Labute approximate surface area is 123 Å². The summed E-state index contributed by atoms with van der Waals surface area (Å²) in [6.07, 6.45) is 2.38. The third-order valence-corrected chi connectivity index (χ3v) is 4.17. The molecule has 0 aliphatic carbocycles. The number of hydrogen-bond acceptors (Lipinski definition) is 3. The number of fused-ring (bicyclic) bond motifs is 3. The number of rotatable bonds is 4. The van der Waals surface area contributed by atoms with Crippen molar-refractivity contribution in [3.05, 3.63) is 23.1 Å². The van der Waals surface area contributed by atoms with E-state index in [2.05, 4.69) is 33.3 Å². The van der Waals surface area contributed by atoms with Crippen LogP contribution in [0.25, 0.3) is 11.4 Å². The van der Waals surface area contributed by atoms with E-state index in [9.17, 15) is 9.90 Å². The van der Waals surface area contributed by atoms with E-state index >= 15 is 0 Å². The summed E-state index contributed by atoms with van der Waals surface area (Å²) in [5.74, 6) is 0.971. The van der Waals surface area contributed by atoms with Gasteiger partial charge < -0.3 is 19.6 Å². The van der Waals surface area contributed by atoms with Gasteiger partial charge in [0.05, 0.1) is 16.8 Å². The molecule has 21 heavy (non-hydrogen) atoms. The molecule has 0 atom stereocenters. The van der Waals surface area contributed by atoms with Crippen LogP contribution in [0.3, 0.4) is 0 Å². The molecule has 3 rings (SSSR count). The Morgan fingerprint density at radius 3 is 2.81 bits per heavy atom. The van der Waals surface area contributed by atoms with Crippen molar-refractivity contribution in [1.29, 1.82) is 0 Å². The molecule has 0 bridgehead atoms. The van der Waals surface area contributed by atoms with Crippen molar-refractivity contribution in [3.8, 4) is 11.4 Å². The number of carbonyl (C=O) groups is 1. The Morgan fingerprint density at radius 2 is 2.19 bits per heavy atom. The lowest BCUT2D eigenvalue weighted by Gasteiger charge is -2.25. The quantitative estimate of drug-likeness (QED) is 0.905. The van der Waals surface area contributed by atoms with E-state index in [0.29, 0.717) is 5.56 Å². The number of aromatic nitrogens is 3. The van der Waals surface area contributed by atoms with Crippen LogP contribution in [0, 0.1) is 6.92 Å². The minimum absolute atomic E-state index is 0.307. The van der Waals surface area contributed by atoms with E-state index in [-0.39, 0.29) is 0 Å². The lowest BCUT2D eigenvalue weighted by atomic mass is 10.1. The molecule has 112 valence electrons. The molecule has 0 saturated carbocycles. The molecule has 0 saturated heterocycles. The number of imidazole rings is 1. The van der Waals surface area contributed by atoms with Crippen LogP contribution in [0.4, 0.5) is 5.82 Å². The van der Waals surface area contributed by atoms with Crippen LogP contribution < -0.4 is 4.90 Å². The molecule has 0 fully saturated rings. The van der Waals surface area contributed by atoms with Gasteiger partial charge in [0.1, 0.15) is 11.6 Å². The number of H-pyrrole nitrogens is 1. The van der Waals surface area contributed by atoms with Crippen molar-refractivity contribution in [2.24, 2.45) is 0 Å². The van der Waals surface area contributed by atoms with Crippen LogP contribution in [0.1, 0.15) is 35.6 Å². The van der Waals surface area contributed by atoms with Crippen molar-refractivity contribution < 1.29 is 9.90 Å². The highest BCUT2D eigenvalue weighted by Gasteiger charge is 2.29. The fourth-order valence-corrected chi connectivity index (χ4v) is 3.20. The summed E-state index contributed by atoms with van der Waals surface area (Å²) in [4.78, 5) is 21.4. The summed E-state index contributed by atoms with van der Waals surface area (Å²) in [7, 11) is 0. The molecule has 0 unspecified atom stereocenters. The molecule has 1 aliphatic heterocycles. The number of aryl methyl sites for hydroxylation is 2. The molecule has 2 N–H and O–H groups in total. The number of carboxylic acid groups (broad SMARTS) is 1. The molecule has 3 heterocycles. The average Bonchev–Trinajstić information content (AvgIpc) is 3.02. The third-order valence-electron chi connectivity index (χ3n) is 4.17. The van der Waals surface area contributed by atoms with Gasteiger partial charge in [0.15, 0.2) is 0 Å². The summed E-state index contributed by atoms with van der Waals surface area (Å²) in [6, 6.07) is 0. The first kappa shape index (κ1) is 13.7. The number of carboxylic acids is 1. The summed E-state index contributed by atoms with van der Waals surface area (Å²) < 4.78 is 2.16. The third kappa shape index (κ3) is 1.93. The predicted molar refractivity (Wildman–Crippen MR) is 81.0 cm³/mol. The number of aromatic carboxylic acids is 1. The zero-order valence-electron chi connectivity index (χ0n) is 12.6. The minimum Gasteiger partial charge on any atom is -0.478 e. The van der Waals surface area contributed by atoms with E-state index in [4.69, 9.17) is 0 Å². The van der Waals surface area contributed by atoms with Crippen LogP contribution in [-0.2, 0) is 13.0 Å². The lowest BCUT2D eigenvalue weighted by Crippen LogP contribution is -2.26. The molecular formula is C15H20N4O2. The van der Waals surface area contributed by atoms with Crippen molar-refractivity contribution in [3.63, 3.8) is 0 Å². The van der Waals surface area contributed by atoms with E-state index < -0.39 is 5.97 Å². The average molecular weight is 288 g/mol. The van der Waals surface area contributed by atoms with Crippen LogP contribution in [0.5, 0.6) is 0 Å². The normalized spacial score (nSPS) is 12.9. The number of nitrogens with zero attached hydrogens (tertiary/aromatic N) is 3. The minimum atomic E-state index is -0.911. The maximum atomic E-state index is 11.4. The van der Waals surface area contributed by atoms with E-state index in [1.807, 2.05) is 6.92 Å². The van der Waals surface area contributed by atoms with Gasteiger partial charge in [-0.1, -0.05) is 0 Å². The molecule has 0 amide bonds. The van der Waals surface area contributed by atoms with Gasteiger partial charge in [-0.2, -0.15) is 0 Å². The molecule has 0 spiro atoms. The van der Waals surface area contributed by atoms with Crippen LogP contribution in [0.2, 0.25) is 0 Å². The number of hydrogen-bond donors (Lipinski definition) is 2. The monoisotopic (exact) mass is 288 g/mol. The summed E-state index contributed by atoms with van der Waals surface area (Å²) in [5.41, 5.74) is 2.98. The van der Waals surface area contributed by atoms with E-state index in [1.54, 1.807) is 6.20 Å². The molecule has 2 aromatic rings. The van der Waals surface area contributed by atoms with Gasteiger partial charge in [-0.05, 0) is 20.8 Å². The van der Waals surface area contributed by atoms with Gasteiger partial charge in [0, 0.05) is 37.9 Å². The molecule has 1 aliphatic rings. The number of anilines is 1. The van der Waals surface area contributed by atoms with Gasteiger partial charge in [-0.25, -0.2) is 9.78 Å². The zero-order chi connectivity index (χ0) is 15.1. The largest absolute Gasteiger partial charge is 0.478 e. The van der Waals surface area contributed by atoms with Crippen molar-refractivity contribution in [2.75, 3.05) is 18.0 Å².